The van der Waals surface area contributed by atoms with Crippen LogP contribution in [0.4, 0.5) is 23.3 Å². The standard InChI is InChI=1S/C31H52N8O12P4/c1-12-44-52(40,45-13-2)28-34-26(35-29(38-28)53(41,46-14-3)47-15-4)32-24-21(9)20-22(10)25(23(24)11)33-27-36-30(54(42,48-16-5)49-17-6)39-31(37-27)55(43,50-18-7)51-19-8/h20H,12-19H2,1-11H3,(H,32,34,35,38)(H,33,36,37,39). The number of aryl methyl sites for hydroxylation is 2. The van der Waals surface area contributed by atoms with E-state index in [1.165, 1.54) is 0 Å². The van der Waals surface area contributed by atoms with Crippen molar-refractivity contribution in [2.24, 2.45) is 0 Å². The van der Waals surface area contributed by atoms with Crippen LogP contribution in [0.3, 0.4) is 0 Å². The molecule has 2 N–H and O–H groups in total. The van der Waals surface area contributed by atoms with Gasteiger partial charge in [-0.1, -0.05) is 6.07 Å². The molecule has 55 heavy (non-hydrogen) atoms. The third-order valence-corrected chi connectivity index (χ3v) is 14.6. The lowest BCUT2D eigenvalue weighted by atomic mass is 10.0. The van der Waals surface area contributed by atoms with Gasteiger partial charge in [0.1, 0.15) is 0 Å². The highest BCUT2D eigenvalue weighted by molar-refractivity contribution is 7.63. The number of aromatic nitrogens is 6. The first-order chi connectivity index (χ1) is 26.1. The van der Waals surface area contributed by atoms with E-state index in [1.54, 1.807) is 62.3 Å². The summed E-state index contributed by atoms with van der Waals surface area (Å²) in [6, 6.07) is 1.83. The van der Waals surface area contributed by atoms with Gasteiger partial charge >= 0.3 is 30.4 Å². The quantitative estimate of drug-likeness (QED) is 0.0976. The molecule has 0 amide bonds. The Morgan fingerprint density at radius 3 is 0.836 bits per heavy atom. The zero-order valence-corrected chi connectivity index (χ0v) is 36.7. The van der Waals surface area contributed by atoms with Crippen molar-refractivity contribution >= 4 is 75.9 Å². The van der Waals surface area contributed by atoms with Crippen molar-refractivity contribution in [3.05, 3.63) is 22.8 Å². The Morgan fingerprint density at radius 2 is 0.636 bits per heavy atom. The highest BCUT2D eigenvalue weighted by Crippen LogP contribution is 2.50. The van der Waals surface area contributed by atoms with E-state index in [1.807, 2.05) is 19.9 Å². The van der Waals surface area contributed by atoms with Gasteiger partial charge in [0.05, 0.1) is 52.9 Å². The van der Waals surface area contributed by atoms with Crippen LogP contribution in [0.5, 0.6) is 0 Å². The number of nitrogens with zero attached hydrogens (tertiary/aromatic N) is 6. The fraction of sp³-hybridized carbons (Fsp3) is 0.613. The van der Waals surface area contributed by atoms with Crippen molar-refractivity contribution in [3.8, 4) is 0 Å². The fourth-order valence-electron chi connectivity index (χ4n) is 5.07. The third-order valence-electron chi connectivity index (χ3n) is 7.04. The summed E-state index contributed by atoms with van der Waals surface area (Å²) in [5.41, 5.74) is 1.28. The van der Waals surface area contributed by atoms with Gasteiger partial charge in [-0.15, -0.1) is 0 Å². The summed E-state index contributed by atoms with van der Waals surface area (Å²) in [7, 11) is -16.6. The molecule has 0 radical (unpaired) electrons. The lowest BCUT2D eigenvalue weighted by Crippen LogP contribution is -2.31. The van der Waals surface area contributed by atoms with Gasteiger partial charge in [0.15, 0.2) is 0 Å². The maximum absolute atomic E-state index is 13.9. The zero-order chi connectivity index (χ0) is 41.0. The summed E-state index contributed by atoms with van der Waals surface area (Å²) in [6.07, 6.45) is 0. The van der Waals surface area contributed by atoms with Gasteiger partial charge in [0, 0.05) is 11.4 Å². The minimum absolute atomic E-state index is 0.00344. The number of hydrogen-bond acceptors (Lipinski definition) is 20. The second kappa shape index (κ2) is 20.7. The molecule has 0 aliphatic rings. The summed E-state index contributed by atoms with van der Waals surface area (Å²) >= 11 is 0. The molecule has 1 aromatic carbocycles. The van der Waals surface area contributed by atoms with Crippen molar-refractivity contribution in [1.82, 2.24) is 29.9 Å². The first kappa shape index (κ1) is 46.8. The minimum atomic E-state index is -4.14. The Hall–Kier alpha value is -2.56. The molecule has 20 nitrogen and oxygen atoms in total. The van der Waals surface area contributed by atoms with E-state index in [0.29, 0.717) is 28.1 Å². The second-order valence-corrected chi connectivity index (χ2v) is 18.6. The fourth-order valence-corrected chi connectivity index (χ4v) is 10.9. The molecule has 0 spiro atoms. The molecule has 0 saturated carbocycles. The normalized spacial score (nSPS) is 12.6. The van der Waals surface area contributed by atoms with Crippen LogP contribution >= 0.6 is 30.4 Å². The summed E-state index contributed by atoms with van der Waals surface area (Å²) < 4.78 is 99.7. The molecule has 0 unspecified atom stereocenters. The Morgan fingerprint density at radius 1 is 0.418 bits per heavy atom. The van der Waals surface area contributed by atoms with Crippen molar-refractivity contribution in [1.29, 1.82) is 0 Å². The molecule has 3 rings (SSSR count). The average molecular weight is 853 g/mol. The van der Waals surface area contributed by atoms with Crippen molar-refractivity contribution < 1.29 is 54.5 Å². The number of anilines is 4. The van der Waals surface area contributed by atoms with E-state index in [4.69, 9.17) is 36.2 Å². The Bertz CT molecular complexity index is 1700. The maximum Gasteiger partial charge on any atom is 0.398 e. The number of nitrogens with one attached hydrogen (secondary N) is 2. The Labute approximate surface area is 322 Å². The molecular weight excluding hydrogens is 800 g/mol. The van der Waals surface area contributed by atoms with Gasteiger partial charge in [-0.25, -0.2) is 0 Å². The molecule has 0 saturated heterocycles. The van der Waals surface area contributed by atoms with Gasteiger partial charge in [0.2, 0.25) is 34.2 Å². The largest absolute Gasteiger partial charge is 0.398 e. The topological polar surface area (TPSA) is 244 Å². The van der Waals surface area contributed by atoms with Gasteiger partial charge in [-0.05, 0) is 92.9 Å². The smallest absolute Gasteiger partial charge is 0.323 e. The number of rotatable bonds is 24. The van der Waals surface area contributed by atoms with E-state index in [-0.39, 0.29) is 64.8 Å². The highest BCUT2D eigenvalue weighted by atomic mass is 31.2. The summed E-state index contributed by atoms with van der Waals surface area (Å²) in [4.78, 5) is 26.0. The van der Waals surface area contributed by atoms with Crippen LogP contribution in [0.15, 0.2) is 6.07 Å². The molecule has 0 atom stereocenters. The van der Waals surface area contributed by atoms with Crippen LogP contribution in [0, 0.1) is 20.8 Å². The third kappa shape index (κ3) is 11.3. The van der Waals surface area contributed by atoms with Crippen molar-refractivity contribution in [3.63, 3.8) is 0 Å². The molecule has 2 heterocycles. The summed E-state index contributed by atoms with van der Waals surface area (Å²) in [5, 5.41) is 6.27. The van der Waals surface area contributed by atoms with Gasteiger partial charge in [-0.3, -0.25) is 18.3 Å². The number of benzene rings is 1. The van der Waals surface area contributed by atoms with E-state index < -0.39 is 52.6 Å². The second-order valence-electron chi connectivity index (χ2n) is 11.0. The van der Waals surface area contributed by atoms with Crippen LogP contribution in [-0.4, -0.2) is 82.8 Å². The van der Waals surface area contributed by atoms with Crippen LogP contribution in [0.25, 0.3) is 0 Å². The lowest BCUT2D eigenvalue weighted by Gasteiger charge is -2.22. The van der Waals surface area contributed by atoms with Gasteiger partial charge in [0.25, 0.3) is 0 Å². The van der Waals surface area contributed by atoms with Crippen LogP contribution in [0.1, 0.15) is 72.1 Å². The average Bonchev–Trinajstić information content (AvgIpc) is 3.12. The van der Waals surface area contributed by atoms with E-state index >= 15 is 0 Å². The minimum Gasteiger partial charge on any atom is -0.323 e. The highest BCUT2D eigenvalue weighted by Gasteiger charge is 2.39. The Kier molecular flexibility index (Phi) is 17.7. The number of hydrogen-bond donors (Lipinski definition) is 2. The zero-order valence-electron chi connectivity index (χ0n) is 33.1. The molecule has 0 bridgehead atoms. The van der Waals surface area contributed by atoms with Crippen molar-refractivity contribution in [2.75, 3.05) is 63.5 Å². The molecule has 0 aliphatic carbocycles. The van der Waals surface area contributed by atoms with Crippen LogP contribution < -0.4 is 32.9 Å². The van der Waals surface area contributed by atoms with Gasteiger partial charge < -0.3 is 46.8 Å². The predicted octanol–water partition coefficient (Wildman–Crippen LogP) is 6.03. The molecule has 3 aromatic rings. The predicted molar refractivity (Wildman–Crippen MR) is 209 cm³/mol. The van der Waals surface area contributed by atoms with E-state index in [9.17, 15) is 18.3 Å². The summed E-state index contributed by atoms with van der Waals surface area (Å²) in [5.74, 6) is -0.345. The molecule has 0 fully saturated rings. The molecule has 0 aliphatic heterocycles. The van der Waals surface area contributed by atoms with E-state index in [0.717, 1.165) is 0 Å². The van der Waals surface area contributed by atoms with Crippen LogP contribution in [0.2, 0.25) is 0 Å². The molecule has 308 valence electrons. The Balaban J connectivity index is 2.29. The van der Waals surface area contributed by atoms with Gasteiger partial charge in [-0.2, -0.15) is 29.9 Å². The van der Waals surface area contributed by atoms with Crippen molar-refractivity contribution in [2.45, 2.75) is 76.2 Å². The molecular formula is C31H52N8O12P4. The summed E-state index contributed by atoms with van der Waals surface area (Å²) in [6.45, 7) is 18.4. The molecule has 24 heteroatoms. The first-order valence-corrected chi connectivity index (χ1v) is 24.0. The van der Waals surface area contributed by atoms with Crippen LogP contribution in [-0.2, 0) is 54.5 Å². The monoisotopic (exact) mass is 852 g/mol. The van der Waals surface area contributed by atoms with E-state index in [2.05, 4.69) is 40.5 Å². The molecule has 2 aromatic heterocycles. The first-order valence-electron chi connectivity index (χ1n) is 17.8. The lowest BCUT2D eigenvalue weighted by molar-refractivity contribution is 0.225. The maximum atomic E-state index is 13.9. The SMILES string of the molecule is CCOP(=O)(OCC)c1nc(Nc2c(C)cc(C)c(Nc3nc(P(=O)(OCC)OCC)nc(P(=O)(OCC)OCC)n3)c2C)nc(P(=O)(OCC)OCC)n1.